The molecule has 0 unspecified atom stereocenters. The Balaban J connectivity index is 1.79. The molecule has 3 aromatic rings. The standard InChI is InChI=1S/C18H16BF2N3O3/c19-11-5-13(21)14(6-12(11)20)23-16-10-7-22-3-1-15(10)27-17(16)18(26)24-4-2-9(25)8-24/h1,3,5-7,9,23,25H,2,4,8,19H2/t9-/m1/s1. The number of nitrogens with zero attached hydrogens (tertiary/aromatic N) is 2. The number of pyridine rings is 1. The summed E-state index contributed by atoms with van der Waals surface area (Å²) < 4.78 is 33.9. The fraction of sp³-hybridized carbons (Fsp3) is 0.222. The number of carbonyl (C=O) groups is 1. The first-order chi connectivity index (χ1) is 12.9. The molecule has 1 aromatic carbocycles. The van der Waals surface area contributed by atoms with Crippen molar-refractivity contribution in [3.05, 3.63) is 48.0 Å². The van der Waals surface area contributed by atoms with Gasteiger partial charge in [-0.15, -0.1) is 0 Å². The molecule has 138 valence electrons. The molecule has 0 radical (unpaired) electrons. The largest absolute Gasteiger partial charge is 0.448 e. The van der Waals surface area contributed by atoms with Crippen LogP contribution in [0.15, 0.2) is 35.0 Å². The second kappa shape index (κ2) is 6.66. The van der Waals surface area contributed by atoms with Crippen LogP contribution in [-0.4, -0.2) is 47.9 Å². The normalized spacial score (nSPS) is 16.9. The van der Waals surface area contributed by atoms with Gasteiger partial charge in [0.05, 0.1) is 17.2 Å². The van der Waals surface area contributed by atoms with E-state index in [9.17, 15) is 18.7 Å². The van der Waals surface area contributed by atoms with Crippen LogP contribution in [0.4, 0.5) is 20.2 Å². The topological polar surface area (TPSA) is 78.6 Å². The second-order valence-corrected chi connectivity index (χ2v) is 6.58. The number of hydrogen-bond acceptors (Lipinski definition) is 5. The molecule has 1 aliphatic rings. The first-order valence-electron chi connectivity index (χ1n) is 8.50. The van der Waals surface area contributed by atoms with Crippen molar-refractivity contribution in [1.82, 2.24) is 9.88 Å². The Morgan fingerprint density at radius 1 is 1.37 bits per heavy atom. The summed E-state index contributed by atoms with van der Waals surface area (Å²) in [6.45, 7) is 0.587. The summed E-state index contributed by atoms with van der Waals surface area (Å²) >= 11 is 0. The van der Waals surface area contributed by atoms with Crippen LogP contribution in [0, 0.1) is 11.6 Å². The number of aliphatic hydroxyl groups is 1. The molecular formula is C18H16BF2N3O3. The van der Waals surface area contributed by atoms with Crippen molar-refractivity contribution in [3.8, 4) is 0 Å². The SMILES string of the molecule is Bc1cc(F)c(Nc2c(C(=O)N3CC[C@@H](O)C3)oc3ccncc23)cc1F. The molecular weight excluding hydrogens is 355 g/mol. The fourth-order valence-corrected chi connectivity index (χ4v) is 3.16. The third-order valence-electron chi connectivity index (χ3n) is 4.64. The van der Waals surface area contributed by atoms with Gasteiger partial charge in [-0.25, -0.2) is 8.78 Å². The summed E-state index contributed by atoms with van der Waals surface area (Å²) in [5, 5.41) is 13.0. The summed E-state index contributed by atoms with van der Waals surface area (Å²) in [4.78, 5) is 18.4. The number of furan rings is 1. The van der Waals surface area contributed by atoms with Crippen LogP contribution in [-0.2, 0) is 0 Å². The molecule has 1 aliphatic heterocycles. The molecule has 1 amide bonds. The lowest BCUT2D eigenvalue weighted by Crippen LogP contribution is -2.29. The van der Waals surface area contributed by atoms with Crippen LogP contribution in [0.5, 0.6) is 0 Å². The summed E-state index contributed by atoms with van der Waals surface area (Å²) in [5.74, 6) is -1.69. The van der Waals surface area contributed by atoms with Crippen molar-refractivity contribution in [2.24, 2.45) is 0 Å². The summed E-state index contributed by atoms with van der Waals surface area (Å²) in [7, 11) is 1.47. The minimum atomic E-state index is -0.651. The number of aliphatic hydroxyl groups excluding tert-OH is 1. The predicted octanol–water partition coefficient (Wildman–Crippen LogP) is 1.31. The number of β-amino-alcohol motifs (C(OH)–C–C–N with tert-alkyl or cyclic N) is 1. The van der Waals surface area contributed by atoms with Gasteiger partial charge in [-0.05, 0) is 24.6 Å². The first kappa shape index (κ1) is 17.5. The van der Waals surface area contributed by atoms with Crippen molar-refractivity contribution >= 4 is 41.6 Å². The van der Waals surface area contributed by atoms with E-state index < -0.39 is 23.6 Å². The van der Waals surface area contributed by atoms with Crippen molar-refractivity contribution in [1.29, 1.82) is 0 Å². The number of hydrogen-bond donors (Lipinski definition) is 2. The molecule has 9 heteroatoms. The zero-order valence-electron chi connectivity index (χ0n) is 14.5. The maximum Gasteiger partial charge on any atom is 0.291 e. The zero-order valence-corrected chi connectivity index (χ0v) is 14.5. The van der Waals surface area contributed by atoms with Crippen LogP contribution < -0.4 is 10.8 Å². The van der Waals surface area contributed by atoms with Gasteiger partial charge < -0.3 is 19.7 Å². The Labute approximate surface area is 154 Å². The van der Waals surface area contributed by atoms with Crippen molar-refractivity contribution in [2.45, 2.75) is 12.5 Å². The second-order valence-electron chi connectivity index (χ2n) is 6.58. The zero-order chi connectivity index (χ0) is 19.1. The quantitative estimate of drug-likeness (QED) is 0.679. The molecule has 4 rings (SSSR count). The number of benzene rings is 1. The molecule has 0 saturated carbocycles. The maximum absolute atomic E-state index is 14.3. The average Bonchev–Trinajstić information content (AvgIpc) is 3.23. The van der Waals surface area contributed by atoms with E-state index in [0.717, 1.165) is 12.1 Å². The van der Waals surface area contributed by atoms with Crippen molar-refractivity contribution in [2.75, 3.05) is 18.4 Å². The first-order valence-corrected chi connectivity index (χ1v) is 8.50. The molecule has 6 nitrogen and oxygen atoms in total. The monoisotopic (exact) mass is 371 g/mol. The Kier molecular flexibility index (Phi) is 4.31. The van der Waals surface area contributed by atoms with Gasteiger partial charge in [-0.2, -0.15) is 0 Å². The van der Waals surface area contributed by atoms with Gasteiger partial charge in [0, 0.05) is 25.5 Å². The highest BCUT2D eigenvalue weighted by molar-refractivity contribution is 6.32. The van der Waals surface area contributed by atoms with Gasteiger partial charge in [0.15, 0.2) is 0 Å². The molecule has 1 atom stereocenters. The Hall–Kier alpha value is -2.94. The number of fused-ring (bicyclic) bond motifs is 1. The van der Waals surface area contributed by atoms with Gasteiger partial charge >= 0.3 is 0 Å². The van der Waals surface area contributed by atoms with Crippen LogP contribution in [0.3, 0.4) is 0 Å². The number of anilines is 2. The van der Waals surface area contributed by atoms with Crippen molar-refractivity contribution < 1.29 is 23.1 Å². The van der Waals surface area contributed by atoms with E-state index in [2.05, 4.69) is 10.3 Å². The highest BCUT2D eigenvalue weighted by Gasteiger charge is 2.31. The average molecular weight is 371 g/mol. The van der Waals surface area contributed by atoms with E-state index in [1.165, 1.54) is 25.1 Å². The lowest BCUT2D eigenvalue weighted by Gasteiger charge is -2.15. The predicted molar refractivity (Wildman–Crippen MR) is 98.4 cm³/mol. The van der Waals surface area contributed by atoms with Crippen LogP contribution in [0.25, 0.3) is 11.0 Å². The number of rotatable bonds is 3. The van der Waals surface area contributed by atoms with Crippen LogP contribution in [0.2, 0.25) is 0 Å². The van der Waals surface area contributed by atoms with Gasteiger partial charge in [0.2, 0.25) is 5.76 Å². The highest BCUT2D eigenvalue weighted by atomic mass is 19.1. The molecule has 3 heterocycles. The minimum Gasteiger partial charge on any atom is -0.448 e. The van der Waals surface area contributed by atoms with Crippen LogP contribution in [0.1, 0.15) is 17.0 Å². The fourth-order valence-electron chi connectivity index (χ4n) is 3.16. The van der Waals surface area contributed by atoms with Gasteiger partial charge in [0.25, 0.3) is 5.91 Å². The van der Waals surface area contributed by atoms with Gasteiger partial charge in [0.1, 0.15) is 30.8 Å². The lowest BCUT2D eigenvalue weighted by molar-refractivity contribution is 0.0737. The van der Waals surface area contributed by atoms with E-state index in [0.29, 0.717) is 23.9 Å². The molecule has 1 saturated heterocycles. The molecule has 0 aliphatic carbocycles. The molecule has 1 fully saturated rings. The number of aromatic nitrogens is 1. The molecule has 27 heavy (non-hydrogen) atoms. The molecule has 0 bridgehead atoms. The minimum absolute atomic E-state index is 0.0347. The Morgan fingerprint density at radius 3 is 2.93 bits per heavy atom. The Morgan fingerprint density at radius 2 is 2.19 bits per heavy atom. The third kappa shape index (κ3) is 3.14. The van der Waals surface area contributed by atoms with E-state index in [4.69, 9.17) is 4.42 Å². The highest BCUT2D eigenvalue weighted by Crippen LogP contribution is 2.34. The van der Waals surface area contributed by atoms with Crippen molar-refractivity contribution in [3.63, 3.8) is 0 Å². The lowest BCUT2D eigenvalue weighted by atomic mass is 9.95. The van der Waals surface area contributed by atoms with Crippen LogP contribution >= 0.6 is 0 Å². The van der Waals surface area contributed by atoms with E-state index >= 15 is 0 Å². The number of amides is 1. The number of nitrogens with one attached hydrogen (secondary N) is 1. The van der Waals surface area contributed by atoms with Gasteiger partial charge in [-0.3, -0.25) is 9.78 Å². The maximum atomic E-state index is 14.3. The number of likely N-dealkylation sites (tertiary alicyclic amines) is 1. The third-order valence-corrected chi connectivity index (χ3v) is 4.64. The molecule has 2 aromatic heterocycles. The van der Waals surface area contributed by atoms with E-state index in [1.54, 1.807) is 6.07 Å². The summed E-state index contributed by atoms with van der Waals surface area (Å²) in [5.41, 5.74) is 0.675. The van der Waals surface area contributed by atoms with E-state index in [-0.39, 0.29) is 29.1 Å². The summed E-state index contributed by atoms with van der Waals surface area (Å²) in [6.07, 6.45) is 2.89. The smallest absolute Gasteiger partial charge is 0.291 e. The Bertz CT molecular complexity index is 1040. The molecule has 0 spiro atoms. The number of carbonyl (C=O) groups excluding carboxylic acids is 1. The molecule has 2 N–H and O–H groups in total. The van der Waals surface area contributed by atoms with E-state index in [1.807, 2.05) is 0 Å². The number of halogens is 2. The van der Waals surface area contributed by atoms with Gasteiger partial charge in [-0.1, -0.05) is 5.46 Å². The summed E-state index contributed by atoms with van der Waals surface area (Å²) in [6, 6.07) is 3.70.